The Morgan fingerprint density at radius 1 is 1.47 bits per heavy atom. The van der Waals surface area contributed by atoms with Crippen LogP contribution in [0.4, 0.5) is 0 Å². The molecule has 1 N–H and O–H groups in total. The van der Waals surface area contributed by atoms with Gasteiger partial charge >= 0.3 is 5.76 Å². The summed E-state index contributed by atoms with van der Waals surface area (Å²) >= 11 is 0. The number of carbonyl (C=O) groups excluding carboxylic acids is 1. The number of aliphatic hydroxyl groups is 1. The van der Waals surface area contributed by atoms with Crippen LogP contribution < -0.4 is 5.76 Å². The quantitative estimate of drug-likeness (QED) is 0.805. The van der Waals surface area contributed by atoms with E-state index in [1.807, 2.05) is 0 Å². The standard InChI is InChI=1S/C12H13NO4/c1-13-9-7-8(10(15)3-2-6-14)4-5-11(9)17-12(13)16/h4-5,7,14H,2-3,6H2,1H3. The molecule has 17 heavy (non-hydrogen) atoms. The van der Waals surface area contributed by atoms with Crippen molar-refractivity contribution in [1.29, 1.82) is 0 Å². The minimum absolute atomic E-state index is 0.00181. The molecule has 90 valence electrons. The summed E-state index contributed by atoms with van der Waals surface area (Å²) in [5.41, 5.74) is 1.60. The monoisotopic (exact) mass is 235 g/mol. The van der Waals surface area contributed by atoms with Gasteiger partial charge in [0, 0.05) is 25.6 Å². The molecule has 2 rings (SSSR count). The van der Waals surface area contributed by atoms with Crippen molar-refractivity contribution < 1.29 is 14.3 Å². The van der Waals surface area contributed by atoms with Gasteiger partial charge in [-0.2, -0.15) is 0 Å². The predicted octanol–water partition coefficient (Wildman–Crippen LogP) is 1.09. The average Bonchev–Trinajstić information content (AvgIpc) is 2.62. The maximum absolute atomic E-state index is 11.7. The summed E-state index contributed by atoms with van der Waals surface area (Å²) in [5.74, 6) is -0.491. The summed E-state index contributed by atoms with van der Waals surface area (Å²) in [5, 5.41) is 8.67. The second-order valence-corrected chi connectivity index (χ2v) is 3.86. The number of aryl methyl sites for hydroxylation is 1. The van der Waals surface area contributed by atoms with Crippen LogP contribution in [0.15, 0.2) is 27.4 Å². The first-order valence-electron chi connectivity index (χ1n) is 5.37. The van der Waals surface area contributed by atoms with Crippen molar-refractivity contribution in [2.75, 3.05) is 6.61 Å². The summed E-state index contributed by atoms with van der Waals surface area (Å²) in [4.78, 5) is 23.0. The molecule has 2 aromatic rings. The Bertz CT molecular complexity index is 608. The molecular weight excluding hydrogens is 222 g/mol. The van der Waals surface area contributed by atoms with Crippen molar-refractivity contribution in [2.24, 2.45) is 7.05 Å². The highest BCUT2D eigenvalue weighted by Crippen LogP contribution is 2.15. The molecule has 5 nitrogen and oxygen atoms in total. The predicted molar refractivity (Wildman–Crippen MR) is 62.1 cm³/mol. The Morgan fingerprint density at radius 3 is 2.94 bits per heavy atom. The van der Waals surface area contributed by atoms with Gasteiger partial charge in [-0.05, 0) is 24.6 Å². The Labute approximate surface area is 97.3 Å². The number of ketones is 1. The molecule has 0 aliphatic carbocycles. The lowest BCUT2D eigenvalue weighted by atomic mass is 10.1. The summed E-state index contributed by atoms with van der Waals surface area (Å²) in [7, 11) is 1.59. The molecule has 0 saturated carbocycles. The normalized spacial score (nSPS) is 10.9. The third kappa shape index (κ3) is 2.14. The van der Waals surface area contributed by atoms with Crippen molar-refractivity contribution in [3.8, 4) is 0 Å². The van der Waals surface area contributed by atoms with E-state index in [2.05, 4.69) is 0 Å². The Hall–Kier alpha value is -1.88. The fraction of sp³-hybridized carbons (Fsp3) is 0.333. The van der Waals surface area contributed by atoms with Gasteiger partial charge < -0.3 is 9.52 Å². The van der Waals surface area contributed by atoms with Crippen LogP contribution >= 0.6 is 0 Å². The number of hydrogen-bond acceptors (Lipinski definition) is 4. The molecule has 0 bridgehead atoms. The van der Waals surface area contributed by atoms with E-state index in [9.17, 15) is 9.59 Å². The molecule has 0 amide bonds. The molecule has 0 fully saturated rings. The zero-order chi connectivity index (χ0) is 12.4. The fourth-order valence-electron chi connectivity index (χ4n) is 1.68. The summed E-state index contributed by atoms with van der Waals surface area (Å²) in [6.45, 7) is -0.00181. The molecule has 1 aromatic heterocycles. The lowest BCUT2D eigenvalue weighted by molar-refractivity contribution is 0.0971. The van der Waals surface area contributed by atoms with Crippen molar-refractivity contribution >= 4 is 16.9 Å². The topological polar surface area (TPSA) is 72.4 Å². The van der Waals surface area contributed by atoms with Crippen LogP contribution in [0.3, 0.4) is 0 Å². The highest BCUT2D eigenvalue weighted by Gasteiger charge is 2.10. The lowest BCUT2D eigenvalue weighted by Gasteiger charge is -2.00. The molecule has 0 radical (unpaired) electrons. The van der Waals surface area contributed by atoms with Crippen LogP contribution in [0, 0.1) is 0 Å². The Morgan fingerprint density at radius 2 is 2.24 bits per heavy atom. The molecule has 1 aromatic carbocycles. The van der Waals surface area contributed by atoms with E-state index < -0.39 is 5.76 Å². The van der Waals surface area contributed by atoms with E-state index in [-0.39, 0.29) is 12.4 Å². The van der Waals surface area contributed by atoms with E-state index in [1.54, 1.807) is 25.2 Å². The number of rotatable bonds is 4. The van der Waals surface area contributed by atoms with Crippen LogP contribution in [-0.2, 0) is 7.05 Å². The number of aliphatic hydroxyl groups excluding tert-OH is 1. The first-order valence-corrected chi connectivity index (χ1v) is 5.37. The van der Waals surface area contributed by atoms with Gasteiger partial charge in [0.1, 0.15) is 0 Å². The smallest absolute Gasteiger partial charge is 0.408 e. The van der Waals surface area contributed by atoms with Gasteiger partial charge in [-0.15, -0.1) is 0 Å². The van der Waals surface area contributed by atoms with Crippen LogP contribution in [0.2, 0.25) is 0 Å². The van der Waals surface area contributed by atoms with Crippen molar-refractivity contribution in [1.82, 2.24) is 4.57 Å². The number of hydrogen-bond donors (Lipinski definition) is 1. The second-order valence-electron chi connectivity index (χ2n) is 3.86. The average molecular weight is 235 g/mol. The number of nitrogens with zero attached hydrogens (tertiary/aromatic N) is 1. The first-order chi connectivity index (χ1) is 8.13. The molecule has 0 unspecified atom stereocenters. The number of carbonyl (C=O) groups is 1. The van der Waals surface area contributed by atoms with Gasteiger partial charge in [0.15, 0.2) is 11.4 Å². The van der Waals surface area contributed by atoms with E-state index in [0.717, 1.165) is 0 Å². The number of benzene rings is 1. The maximum Gasteiger partial charge on any atom is 0.419 e. The summed E-state index contributed by atoms with van der Waals surface area (Å²) < 4.78 is 6.33. The van der Waals surface area contributed by atoms with Gasteiger partial charge in [-0.3, -0.25) is 9.36 Å². The van der Waals surface area contributed by atoms with E-state index in [1.165, 1.54) is 4.57 Å². The number of aromatic nitrogens is 1. The van der Waals surface area contributed by atoms with Crippen LogP contribution in [0.25, 0.3) is 11.1 Å². The van der Waals surface area contributed by atoms with Gasteiger partial charge in [0.25, 0.3) is 0 Å². The molecule has 5 heteroatoms. The summed E-state index contributed by atoms with van der Waals surface area (Å²) in [6.07, 6.45) is 0.745. The third-order valence-electron chi connectivity index (χ3n) is 2.68. The largest absolute Gasteiger partial charge is 0.419 e. The van der Waals surface area contributed by atoms with Gasteiger partial charge in [0.2, 0.25) is 0 Å². The minimum Gasteiger partial charge on any atom is -0.408 e. The SMILES string of the molecule is Cn1c(=O)oc2ccc(C(=O)CCCO)cc21. The molecule has 0 atom stereocenters. The molecule has 1 heterocycles. The molecule has 0 aliphatic heterocycles. The van der Waals surface area contributed by atoms with E-state index in [0.29, 0.717) is 29.5 Å². The zero-order valence-corrected chi connectivity index (χ0v) is 9.47. The maximum atomic E-state index is 11.7. The number of oxazole rings is 1. The first kappa shape index (κ1) is 11.6. The molecule has 0 aliphatic rings. The molecular formula is C12H13NO4. The van der Waals surface area contributed by atoms with Crippen molar-refractivity contribution in [2.45, 2.75) is 12.8 Å². The zero-order valence-electron chi connectivity index (χ0n) is 9.47. The van der Waals surface area contributed by atoms with E-state index in [4.69, 9.17) is 9.52 Å². The third-order valence-corrected chi connectivity index (χ3v) is 2.68. The molecule has 0 spiro atoms. The number of Topliss-reactive ketones (excluding diaryl/α,β-unsaturated/α-hetero) is 1. The molecule has 0 saturated heterocycles. The van der Waals surface area contributed by atoms with Gasteiger partial charge in [-0.1, -0.05) is 0 Å². The lowest BCUT2D eigenvalue weighted by Crippen LogP contribution is -2.08. The second kappa shape index (κ2) is 4.55. The van der Waals surface area contributed by atoms with Gasteiger partial charge in [-0.25, -0.2) is 4.79 Å². The minimum atomic E-state index is -0.444. The highest BCUT2D eigenvalue weighted by atomic mass is 16.4. The van der Waals surface area contributed by atoms with E-state index >= 15 is 0 Å². The van der Waals surface area contributed by atoms with Gasteiger partial charge in [0.05, 0.1) is 5.52 Å². The van der Waals surface area contributed by atoms with Crippen molar-refractivity contribution in [3.05, 3.63) is 34.3 Å². The Kier molecular flexibility index (Phi) is 3.10. The summed E-state index contributed by atoms with van der Waals surface area (Å²) in [6, 6.07) is 4.88. The van der Waals surface area contributed by atoms with Crippen LogP contribution in [-0.4, -0.2) is 22.1 Å². The van der Waals surface area contributed by atoms with Crippen molar-refractivity contribution in [3.63, 3.8) is 0 Å². The number of fused-ring (bicyclic) bond motifs is 1. The Balaban J connectivity index is 2.40. The highest BCUT2D eigenvalue weighted by molar-refractivity contribution is 5.98. The fourth-order valence-corrected chi connectivity index (χ4v) is 1.68. The van der Waals surface area contributed by atoms with Crippen LogP contribution in [0.5, 0.6) is 0 Å². The van der Waals surface area contributed by atoms with Crippen LogP contribution in [0.1, 0.15) is 23.2 Å².